The molecule has 0 bridgehead atoms. The highest BCUT2D eigenvalue weighted by Gasteiger charge is 2.45. The topological polar surface area (TPSA) is 70.1 Å². The monoisotopic (exact) mass is 466 g/mol. The van der Waals surface area contributed by atoms with E-state index in [0.29, 0.717) is 39.0 Å². The van der Waals surface area contributed by atoms with Gasteiger partial charge in [0.2, 0.25) is 5.91 Å². The molecular weight excluding hydrogens is 428 g/mol. The lowest BCUT2D eigenvalue weighted by atomic mass is 9.75. The molecule has 184 valence electrons. The van der Waals surface area contributed by atoms with Crippen LogP contribution in [0.3, 0.4) is 0 Å². The number of carbonyl (C=O) groups is 2. The Labute approximate surface area is 202 Å². The summed E-state index contributed by atoms with van der Waals surface area (Å²) in [6.45, 7) is 7.31. The van der Waals surface area contributed by atoms with Crippen molar-refractivity contribution >= 4 is 22.8 Å². The molecule has 1 N–H and O–H groups in total. The van der Waals surface area contributed by atoms with Gasteiger partial charge in [-0.25, -0.2) is 4.79 Å². The third-order valence-corrected chi connectivity index (χ3v) is 7.13. The predicted molar refractivity (Wildman–Crippen MR) is 134 cm³/mol. The fourth-order valence-corrected chi connectivity index (χ4v) is 5.40. The van der Waals surface area contributed by atoms with Crippen molar-refractivity contribution in [2.24, 2.45) is 0 Å². The minimum Gasteiger partial charge on any atom is -0.444 e. The highest BCUT2D eigenvalue weighted by atomic mass is 16.6. The molecule has 2 amide bonds. The van der Waals surface area contributed by atoms with Gasteiger partial charge in [0.1, 0.15) is 5.60 Å². The molecular formula is C28H38N2O4. The second-order valence-corrected chi connectivity index (χ2v) is 10.8. The molecule has 1 saturated carbocycles. The number of carbonyl (C=O) groups excluding carboxylic acids is 2. The van der Waals surface area contributed by atoms with E-state index in [1.54, 1.807) is 4.90 Å². The average Bonchev–Trinajstić information content (AvgIpc) is 3.03. The third kappa shape index (κ3) is 5.38. The molecule has 6 nitrogen and oxygen atoms in total. The quantitative estimate of drug-likeness (QED) is 0.640. The van der Waals surface area contributed by atoms with Gasteiger partial charge in [-0.3, -0.25) is 4.79 Å². The van der Waals surface area contributed by atoms with Crippen LogP contribution < -0.4 is 0 Å². The fourth-order valence-electron chi connectivity index (χ4n) is 5.40. The number of piperazine rings is 1. The largest absolute Gasteiger partial charge is 0.444 e. The van der Waals surface area contributed by atoms with E-state index in [1.807, 2.05) is 56.0 Å². The summed E-state index contributed by atoms with van der Waals surface area (Å²) in [6, 6.07) is 14.1. The lowest BCUT2D eigenvalue weighted by molar-refractivity contribution is -0.142. The molecule has 0 spiro atoms. The van der Waals surface area contributed by atoms with E-state index in [1.165, 1.54) is 0 Å². The molecule has 0 aromatic heterocycles. The number of benzene rings is 2. The second-order valence-electron chi connectivity index (χ2n) is 10.8. The minimum atomic E-state index is -1.07. The maximum Gasteiger partial charge on any atom is 0.410 e. The van der Waals surface area contributed by atoms with Crippen molar-refractivity contribution < 1.29 is 19.4 Å². The highest BCUT2D eigenvalue weighted by molar-refractivity contribution is 5.94. The molecule has 1 heterocycles. The number of hydrogen-bond acceptors (Lipinski definition) is 4. The predicted octanol–water partition coefficient (Wildman–Crippen LogP) is 5.09. The molecule has 2 aliphatic rings. The van der Waals surface area contributed by atoms with Crippen molar-refractivity contribution in [3.8, 4) is 0 Å². The minimum absolute atomic E-state index is 0.0374. The zero-order chi connectivity index (χ0) is 24.3. The summed E-state index contributed by atoms with van der Waals surface area (Å²) in [6.07, 6.45) is 4.96. The van der Waals surface area contributed by atoms with E-state index in [9.17, 15) is 14.7 Å². The van der Waals surface area contributed by atoms with Gasteiger partial charge in [-0.05, 0) is 49.9 Å². The summed E-state index contributed by atoms with van der Waals surface area (Å²) >= 11 is 0. The number of nitrogens with zero attached hydrogens (tertiary/aromatic N) is 2. The number of amides is 2. The maximum absolute atomic E-state index is 14.1. The summed E-state index contributed by atoms with van der Waals surface area (Å²) in [5.74, 6) is -0.658. The van der Waals surface area contributed by atoms with Gasteiger partial charge in [0.15, 0.2) is 0 Å². The van der Waals surface area contributed by atoms with Crippen LogP contribution in [-0.4, -0.2) is 64.3 Å². The van der Waals surface area contributed by atoms with Crippen LogP contribution in [0.2, 0.25) is 0 Å². The maximum atomic E-state index is 14.1. The van der Waals surface area contributed by atoms with Crippen LogP contribution in [-0.2, 0) is 9.53 Å². The third-order valence-electron chi connectivity index (χ3n) is 7.13. The van der Waals surface area contributed by atoms with E-state index >= 15 is 0 Å². The first-order valence-corrected chi connectivity index (χ1v) is 12.6. The number of fused-ring (bicyclic) bond motifs is 1. The lowest BCUT2D eigenvalue weighted by Crippen LogP contribution is -2.55. The van der Waals surface area contributed by atoms with E-state index < -0.39 is 17.1 Å². The fraction of sp³-hybridized carbons (Fsp3) is 0.571. The van der Waals surface area contributed by atoms with Gasteiger partial charge in [0.25, 0.3) is 0 Å². The molecule has 0 radical (unpaired) electrons. The number of rotatable bonds is 3. The highest BCUT2D eigenvalue weighted by Crippen LogP contribution is 2.42. The van der Waals surface area contributed by atoms with Gasteiger partial charge in [-0.1, -0.05) is 68.1 Å². The number of ether oxygens (including phenoxy) is 1. The molecule has 1 aliphatic carbocycles. The molecule has 1 aliphatic heterocycles. The smallest absolute Gasteiger partial charge is 0.410 e. The van der Waals surface area contributed by atoms with Crippen LogP contribution in [0, 0.1) is 0 Å². The molecule has 6 heteroatoms. The molecule has 1 unspecified atom stereocenters. The number of hydrogen-bond donors (Lipinski definition) is 1. The van der Waals surface area contributed by atoms with Crippen LogP contribution in [0.1, 0.15) is 70.8 Å². The Hall–Kier alpha value is -2.60. The van der Waals surface area contributed by atoms with Crippen LogP contribution in [0.25, 0.3) is 10.8 Å². The van der Waals surface area contributed by atoms with Crippen molar-refractivity contribution in [1.82, 2.24) is 9.80 Å². The molecule has 4 rings (SSSR count). The first kappa shape index (κ1) is 24.5. The summed E-state index contributed by atoms with van der Waals surface area (Å²) in [4.78, 5) is 30.1. The van der Waals surface area contributed by atoms with Crippen molar-refractivity contribution in [1.29, 1.82) is 0 Å². The average molecular weight is 467 g/mol. The zero-order valence-corrected chi connectivity index (χ0v) is 20.8. The Bertz CT molecular complexity index is 1010. The molecule has 2 aromatic carbocycles. The molecule has 1 atom stereocenters. The van der Waals surface area contributed by atoms with Crippen LogP contribution in [0.4, 0.5) is 4.79 Å². The summed E-state index contributed by atoms with van der Waals surface area (Å²) in [7, 11) is 0. The molecule has 2 fully saturated rings. The van der Waals surface area contributed by atoms with Crippen molar-refractivity contribution in [2.45, 2.75) is 76.4 Å². The molecule has 34 heavy (non-hydrogen) atoms. The van der Waals surface area contributed by atoms with Crippen molar-refractivity contribution in [3.63, 3.8) is 0 Å². The van der Waals surface area contributed by atoms with Crippen LogP contribution in [0.5, 0.6) is 0 Å². The number of aliphatic hydroxyl groups is 1. The van der Waals surface area contributed by atoms with Gasteiger partial charge < -0.3 is 19.6 Å². The van der Waals surface area contributed by atoms with Crippen molar-refractivity contribution in [2.75, 3.05) is 26.2 Å². The Morgan fingerprint density at radius 3 is 2.12 bits per heavy atom. The van der Waals surface area contributed by atoms with Crippen LogP contribution >= 0.6 is 0 Å². The van der Waals surface area contributed by atoms with Gasteiger partial charge in [-0.15, -0.1) is 0 Å². The summed E-state index contributed by atoms with van der Waals surface area (Å²) < 4.78 is 5.51. The SMILES string of the molecule is CC(C)(C)OC(=O)N1CCN(C(=O)C(c2cccc3ccccc23)C2(O)CCCCCC2)CC1. The van der Waals surface area contributed by atoms with Crippen LogP contribution in [0.15, 0.2) is 42.5 Å². The van der Waals surface area contributed by atoms with Gasteiger partial charge in [-0.2, -0.15) is 0 Å². The standard InChI is InChI=1S/C28H38N2O4/c1-27(2,3)34-26(32)30-19-17-29(18-20-30)25(31)24(28(33)15-8-4-5-9-16-28)23-14-10-12-21-11-6-7-13-22(21)23/h6-7,10-14,24,33H,4-5,8-9,15-20H2,1-3H3. The van der Waals surface area contributed by atoms with Gasteiger partial charge in [0, 0.05) is 26.2 Å². The summed E-state index contributed by atoms with van der Waals surface area (Å²) in [5.41, 5.74) is -0.714. The van der Waals surface area contributed by atoms with E-state index in [-0.39, 0.29) is 12.0 Å². The van der Waals surface area contributed by atoms with E-state index in [4.69, 9.17) is 4.74 Å². The van der Waals surface area contributed by atoms with Gasteiger partial charge in [0.05, 0.1) is 11.5 Å². The Morgan fingerprint density at radius 1 is 0.882 bits per heavy atom. The Kier molecular flexibility index (Phi) is 7.17. The Balaban J connectivity index is 1.61. The first-order valence-electron chi connectivity index (χ1n) is 12.6. The summed E-state index contributed by atoms with van der Waals surface area (Å²) in [5, 5.41) is 14.1. The van der Waals surface area contributed by atoms with E-state index in [0.717, 1.165) is 42.0 Å². The molecule has 2 aromatic rings. The van der Waals surface area contributed by atoms with Crippen molar-refractivity contribution in [3.05, 3.63) is 48.0 Å². The first-order chi connectivity index (χ1) is 16.2. The second kappa shape index (κ2) is 9.95. The Morgan fingerprint density at radius 2 is 1.47 bits per heavy atom. The van der Waals surface area contributed by atoms with Gasteiger partial charge >= 0.3 is 6.09 Å². The lowest BCUT2D eigenvalue weighted by Gasteiger charge is -2.41. The van der Waals surface area contributed by atoms with E-state index in [2.05, 4.69) is 12.1 Å². The molecule has 1 saturated heterocycles. The normalized spacial score (nSPS) is 20.0. The zero-order valence-electron chi connectivity index (χ0n) is 20.8.